The van der Waals surface area contributed by atoms with Crippen molar-refractivity contribution in [3.05, 3.63) is 62.7 Å². The largest absolute Gasteiger partial charge is 0.508 e. The summed E-state index contributed by atoms with van der Waals surface area (Å²) in [5.74, 6) is -2.76. The van der Waals surface area contributed by atoms with E-state index in [0.717, 1.165) is 10.0 Å². The van der Waals surface area contributed by atoms with E-state index in [1.54, 1.807) is 25.1 Å². The molecule has 4 aliphatic rings. The van der Waals surface area contributed by atoms with Crippen LogP contribution in [0.15, 0.2) is 57.1 Å². The number of rotatable bonds is 3. The molecule has 1 aliphatic heterocycles. The fourth-order valence-corrected chi connectivity index (χ4v) is 6.36. The van der Waals surface area contributed by atoms with Crippen LogP contribution < -0.4 is 0 Å². The van der Waals surface area contributed by atoms with Crippen LogP contribution in [0.3, 0.4) is 0 Å². The van der Waals surface area contributed by atoms with Gasteiger partial charge in [0.2, 0.25) is 11.8 Å². The highest BCUT2D eigenvalue weighted by Crippen LogP contribution is 2.56. The molecule has 2 amide bonds. The number of halogens is 1. The summed E-state index contributed by atoms with van der Waals surface area (Å²) in [5.41, 5.74) is 2.51. The molecule has 1 aromatic carbocycles. The molecule has 170 valence electrons. The highest BCUT2D eigenvalue weighted by Gasteiger charge is 2.56. The third-order valence-corrected chi connectivity index (χ3v) is 7.90. The number of phenolic OH excluding ortho intramolecular Hbond substituents is 1. The Morgan fingerprint density at radius 1 is 1.12 bits per heavy atom. The number of Topliss-reactive ketones (excluding diaryl/α,β-unsaturated/α-hetero) is 1. The number of carbonyl (C=O) groups is 4. The maximum Gasteiger partial charge on any atom is 0.233 e. The molecule has 0 unspecified atom stereocenters. The summed E-state index contributed by atoms with van der Waals surface area (Å²) < 4.78 is 0.733. The maximum atomic E-state index is 13.4. The Balaban J connectivity index is 1.70. The lowest BCUT2D eigenvalue weighted by atomic mass is 9.59. The van der Waals surface area contributed by atoms with Crippen molar-refractivity contribution in [3.63, 3.8) is 0 Å². The Morgan fingerprint density at radius 2 is 1.88 bits per heavy atom. The Bertz CT molecular complexity index is 1220. The molecule has 1 fully saturated rings. The number of aromatic hydroxyl groups is 1. The topological polar surface area (TPSA) is 91.8 Å². The molecule has 6 nitrogen and oxygen atoms in total. The van der Waals surface area contributed by atoms with Crippen LogP contribution in [0.1, 0.15) is 44.6 Å². The van der Waals surface area contributed by atoms with Crippen LogP contribution in [0.4, 0.5) is 0 Å². The van der Waals surface area contributed by atoms with Crippen LogP contribution in [0.2, 0.25) is 0 Å². The minimum atomic E-state index is -0.638. The molecule has 0 saturated carbocycles. The van der Waals surface area contributed by atoms with Gasteiger partial charge in [-0.25, -0.2) is 0 Å². The second-order valence-electron chi connectivity index (χ2n) is 9.26. The van der Waals surface area contributed by atoms with Crippen molar-refractivity contribution < 1.29 is 24.3 Å². The number of ketones is 2. The molecule has 0 spiro atoms. The van der Waals surface area contributed by atoms with Crippen molar-refractivity contribution >= 4 is 39.3 Å². The van der Waals surface area contributed by atoms with E-state index < -0.39 is 17.8 Å². The van der Waals surface area contributed by atoms with Crippen LogP contribution in [-0.4, -0.2) is 39.9 Å². The number of phenols is 1. The van der Waals surface area contributed by atoms with Gasteiger partial charge in [-0.3, -0.25) is 24.1 Å². The van der Waals surface area contributed by atoms with Gasteiger partial charge in [-0.05, 0) is 56.4 Å². The quantitative estimate of drug-likeness (QED) is 0.377. The minimum absolute atomic E-state index is 0.0209. The van der Waals surface area contributed by atoms with E-state index in [-0.39, 0.29) is 41.5 Å². The average molecular weight is 510 g/mol. The molecule has 1 N–H and O–H groups in total. The second kappa shape index (κ2) is 7.90. The van der Waals surface area contributed by atoms with Crippen LogP contribution in [-0.2, 0) is 19.2 Å². The van der Waals surface area contributed by atoms with Gasteiger partial charge in [0.1, 0.15) is 5.75 Å². The van der Waals surface area contributed by atoms with Crippen LogP contribution >= 0.6 is 15.9 Å². The Labute approximate surface area is 200 Å². The molecular formula is C26H24BrNO5. The fraction of sp³-hybridized carbons (Fsp3) is 0.385. The Morgan fingerprint density at radius 3 is 2.61 bits per heavy atom. The number of nitrogens with zero attached hydrogens (tertiary/aromatic N) is 1. The summed E-state index contributed by atoms with van der Waals surface area (Å²) in [6, 6.07) is 5.03. The zero-order valence-corrected chi connectivity index (χ0v) is 20.0. The van der Waals surface area contributed by atoms with Gasteiger partial charge in [0.25, 0.3) is 0 Å². The van der Waals surface area contributed by atoms with Gasteiger partial charge >= 0.3 is 0 Å². The molecule has 33 heavy (non-hydrogen) atoms. The van der Waals surface area contributed by atoms with E-state index in [1.165, 1.54) is 11.0 Å². The first kappa shape index (κ1) is 22.0. The average Bonchev–Trinajstić information content (AvgIpc) is 3.03. The molecule has 0 bridgehead atoms. The van der Waals surface area contributed by atoms with Gasteiger partial charge in [-0.1, -0.05) is 34.5 Å². The number of likely N-dealkylation sites (tertiary alicyclic amines) is 1. The summed E-state index contributed by atoms with van der Waals surface area (Å²) in [7, 11) is 0. The first-order valence-corrected chi connectivity index (χ1v) is 12.1. The predicted octanol–water partition coefficient (Wildman–Crippen LogP) is 3.99. The summed E-state index contributed by atoms with van der Waals surface area (Å²) in [5, 5.41) is 10.8. The maximum absolute atomic E-state index is 13.4. The van der Waals surface area contributed by atoms with Crippen molar-refractivity contribution in [2.45, 2.75) is 39.0 Å². The molecule has 4 atom stereocenters. The third kappa shape index (κ3) is 3.20. The van der Waals surface area contributed by atoms with Crippen molar-refractivity contribution in [2.75, 3.05) is 6.54 Å². The molecule has 1 saturated heterocycles. The van der Waals surface area contributed by atoms with Crippen molar-refractivity contribution in [1.29, 1.82) is 0 Å². The van der Waals surface area contributed by atoms with Gasteiger partial charge in [-0.15, -0.1) is 0 Å². The number of amides is 2. The number of carbonyl (C=O) groups excluding carboxylic acids is 4. The lowest BCUT2D eigenvalue weighted by molar-refractivity contribution is -0.140. The first-order valence-electron chi connectivity index (χ1n) is 11.3. The van der Waals surface area contributed by atoms with Gasteiger partial charge < -0.3 is 5.11 Å². The highest BCUT2D eigenvalue weighted by molar-refractivity contribution is 9.10. The number of benzene rings is 1. The van der Waals surface area contributed by atoms with Crippen molar-refractivity contribution in [3.8, 4) is 5.75 Å². The second-order valence-corrected chi connectivity index (χ2v) is 10.2. The first-order chi connectivity index (χ1) is 15.7. The summed E-state index contributed by atoms with van der Waals surface area (Å²) in [6.45, 7) is 3.94. The lowest BCUT2D eigenvalue weighted by Gasteiger charge is -2.42. The number of fused-ring (bicyclic) bond motifs is 3. The lowest BCUT2D eigenvalue weighted by Crippen LogP contribution is -2.39. The summed E-state index contributed by atoms with van der Waals surface area (Å²) in [6.07, 6.45) is 4.67. The molecule has 3 aliphatic carbocycles. The monoisotopic (exact) mass is 509 g/mol. The Kier molecular flexibility index (Phi) is 5.27. The van der Waals surface area contributed by atoms with Gasteiger partial charge in [-0.2, -0.15) is 0 Å². The number of hydrogen-bond donors (Lipinski definition) is 1. The van der Waals surface area contributed by atoms with E-state index in [0.29, 0.717) is 41.7 Å². The van der Waals surface area contributed by atoms with Crippen LogP contribution in [0, 0.1) is 17.8 Å². The standard InChI is InChI=1S/C26H24BrNO5/c1-3-8-28-25(32)15-6-5-14-16(22(15)26(28)33)11-18-20(30)9-12(2)24(31)23(18)21(14)17-10-13(27)4-7-19(17)29/h4-5,7,9-10,15-16,21-22,29H,3,6,8,11H2,1-2H3/t15-,16+,21+,22-/m0/s1. The number of imide groups is 1. The predicted molar refractivity (Wildman–Crippen MR) is 124 cm³/mol. The van der Waals surface area contributed by atoms with Crippen LogP contribution in [0.25, 0.3) is 0 Å². The molecule has 7 heteroatoms. The fourth-order valence-electron chi connectivity index (χ4n) is 5.98. The van der Waals surface area contributed by atoms with E-state index in [1.807, 2.05) is 13.0 Å². The molecule has 0 radical (unpaired) electrons. The van der Waals surface area contributed by atoms with Gasteiger partial charge in [0, 0.05) is 39.2 Å². The van der Waals surface area contributed by atoms with Crippen molar-refractivity contribution in [2.24, 2.45) is 17.8 Å². The Hall–Kier alpha value is -2.80. The zero-order chi connectivity index (χ0) is 23.6. The zero-order valence-electron chi connectivity index (χ0n) is 18.4. The van der Waals surface area contributed by atoms with Crippen molar-refractivity contribution in [1.82, 2.24) is 4.90 Å². The SMILES string of the molecule is CCCN1C(=O)[C@H]2[C@H](CC=C3[C@H](c4cc(Br)ccc4O)C4=C(C[C@H]32)C(=O)C=C(C)C4=O)C1=O. The van der Waals surface area contributed by atoms with E-state index >= 15 is 0 Å². The summed E-state index contributed by atoms with van der Waals surface area (Å²) >= 11 is 3.45. The molecular weight excluding hydrogens is 486 g/mol. The molecule has 5 rings (SSSR count). The highest BCUT2D eigenvalue weighted by atomic mass is 79.9. The molecule has 0 aromatic heterocycles. The normalized spacial score (nSPS) is 29.0. The van der Waals surface area contributed by atoms with E-state index in [2.05, 4.69) is 15.9 Å². The minimum Gasteiger partial charge on any atom is -0.508 e. The smallest absolute Gasteiger partial charge is 0.233 e. The third-order valence-electron chi connectivity index (χ3n) is 7.40. The summed E-state index contributed by atoms with van der Waals surface area (Å²) in [4.78, 5) is 54.1. The molecule has 1 heterocycles. The van der Waals surface area contributed by atoms with Gasteiger partial charge in [0.05, 0.1) is 11.8 Å². The van der Waals surface area contributed by atoms with Gasteiger partial charge in [0.15, 0.2) is 11.6 Å². The van der Waals surface area contributed by atoms with Crippen LogP contribution in [0.5, 0.6) is 5.75 Å². The van der Waals surface area contributed by atoms with E-state index in [4.69, 9.17) is 0 Å². The number of allylic oxidation sites excluding steroid dienone is 6. The number of hydrogen-bond acceptors (Lipinski definition) is 5. The van der Waals surface area contributed by atoms with E-state index in [9.17, 15) is 24.3 Å². The molecule has 1 aromatic rings.